The molecule has 1 amide bonds. The number of carbonyl (C=O) groups excluding carboxylic acids is 1. The van der Waals surface area contributed by atoms with E-state index in [1.54, 1.807) is 0 Å². The lowest BCUT2D eigenvalue weighted by atomic mass is 9.96. The quantitative estimate of drug-likeness (QED) is 0.515. The minimum atomic E-state index is 0.420. The van der Waals surface area contributed by atoms with Crippen molar-refractivity contribution in [2.75, 3.05) is 6.54 Å². The lowest BCUT2D eigenvalue weighted by Crippen LogP contribution is -2.44. The molecule has 2 heteroatoms. The molecule has 1 saturated heterocycles. The number of unbranched alkanes of at least 4 members (excludes halogenated alkanes) is 6. The molecule has 0 saturated carbocycles. The van der Waals surface area contributed by atoms with Gasteiger partial charge in [0.1, 0.15) is 0 Å². The molecule has 0 radical (unpaired) electrons. The smallest absolute Gasteiger partial charge is 0.222 e. The molecule has 1 fully saturated rings. The Morgan fingerprint density at radius 1 is 1.00 bits per heavy atom. The second-order valence-corrected chi connectivity index (χ2v) is 6.04. The van der Waals surface area contributed by atoms with Crippen LogP contribution in [0, 0.1) is 0 Å². The Hall–Kier alpha value is -0.530. The molecule has 112 valence electrons. The summed E-state index contributed by atoms with van der Waals surface area (Å²) in [5, 5.41) is 0. The van der Waals surface area contributed by atoms with Crippen molar-refractivity contribution in [3.8, 4) is 0 Å². The van der Waals surface area contributed by atoms with Crippen LogP contribution in [0.25, 0.3) is 0 Å². The Kier molecular flexibility index (Phi) is 8.94. The number of rotatable bonds is 10. The van der Waals surface area contributed by atoms with Gasteiger partial charge in [-0.15, -0.1) is 0 Å². The van der Waals surface area contributed by atoms with Crippen molar-refractivity contribution in [1.82, 2.24) is 4.90 Å². The summed E-state index contributed by atoms with van der Waals surface area (Å²) >= 11 is 0. The van der Waals surface area contributed by atoms with Crippen LogP contribution in [0.15, 0.2) is 0 Å². The number of carbonyl (C=O) groups is 1. The molecular weight excluding hydrogens is 234 g/mol. The fraction of sp³-hybridized carbons (Fsp3) is 0.941. The zero-order valence-electron chi connectivity index (χ0n) is 13.1. The Morgan fingerprint density at radius 2 is 1.68 bits per heavy atom. The molecule has 1 atom stereocenters. The summed E-state index contributed by atoms with van der Waals surface area (Å²) in [5.74, 6) is 0.420. The monoisotopic (exact) mass is 267 g/mol. The SMILES string of the molecule is CCCCCCCN1C(=O)CCC[C@@H]1CCCCC. The summed E-state index contributed by atoms with van der Waals surface area (Å²) in [4.78, 5) is 14.3. The maximum absolute atomic E-state index is 12.1. The number of hydrogen-bond donors (Lipinski definition) is 0. The minimum absolute atomic E-state index is 0.420. The zero-order chi connectivity index (χ0) is 13.9. The van der Waals surface area contributed by atoms with E-state index in [9.17, 15) is 4.79 Å². The number of nitrogens with zero attached hydrogens (tertiary/aromatic N) is 1. The van der Waals surface area contributed by atoms with E-state index in [1.807, 2.05) is 0 Å². The number of piperidine rings is 1. The van der Waals surface area contributed by atoms with E-state index in [0.29, 0.717) is 11.9 Å². The average molecular weight is 267 g/mol. The lowest BCUT2D eigenvalue weighted by molar-refractivity contribution is -0.136. The predicted octanol–water partition coefficient (Wildman–Crippen LogP) is 4.92. The van der Waals surface area contributed by atoms with E-state index in [0.717, 1.165) is 19.4 Å². The third kappa shape index (κ3) is 6.44. The van der Waals surface area contributed by atoms with E-state index in [2.05, 4.69) is 18.7 Å². The maximum atomic E-state index is 12.1. The second-order valence-electron chi connectivity index (χ2n) is 6.04. The van der Waals surface area contributed by atoms with Crippen molar-refractivity contribution in [2.45, 2.75) is 96.9 Å². The molecule has 1 aliphatic rings. The van der Waals surface area contributed by atoms with Crippen molar-refractivity contribution < 1.29 is 4.79 Å². The molecule has 0 aromatic rings. The predicted molar refractivity (Wildman–Crippen MR) is 82.3 cm³/mol. The Labute approximate surface area is 119 Å². The third-order valence-electron chi connectivity index (χ3n) is 4.33. The molecule has 0 aromatic heterocycles. The first kappa shape index (κ1) is 16.5. The molecule has 19 heavy (non-hydrogen) atoms. The molecule has 1 heterocycles. The summed E-state index contributed by atoms with van der Waals surface area (Å²) in [6.07, 6.45) is 14.7. The second kappa shape index (κ2) is 10.3. The highest BCUT2D eigenvalue weighted by molar-refractivity contribution is 5.77. The molecule has 0 unspecified atom stereocenters. The highest BCUT2D eigenvalue weighted by Crippen LogP contribution is 2.23. The topological polar surface area (TPSA) is 20.3 Å². The molecule has 0 aromatic carbocycles. The van der Waals surface area contributed by atoms with Gasteiger partial charge in [0, 0.05) is 19.0 Å². The third-order valence-corrected chi connectivity index (χ3v) is 4.33. The van der Waals surface area contributed by atoms with Crippen LogP contribution in [0.5, 0.6) is 0 Å². The van der Waals surface area contributed by atoms with E-state index in [4.69, 9.17) is 0 Å². The van der Waals surface area contributed by atoms with Crippen LogP contribution in [0.3, 0.4) is 0 Å². The van der Waals surface area contributed by atoms with Crippen molar-refractivity contribution in [3.63, 3.8) is 0 Å². The van der Waals surface area contributed by atoms with E-state index in [-0.39, 0.29) is 0 Å². The largest absolute Gasteiger partial charge is 0.340 e. The van der Waals surface area contributed by atoms with Crippen LogP contribution in [-0.4, -0.2) is 23.4 Å². The summed E-state index contributed by atoms with van der Waals surface area (Å²) in [6, 6.07) is 0.555. The van der Waals surface area contributed by atoms with Crippen LogP contribution in [0.4, 0.5) is 0 Å². The maximum Gasteiger partial charge on any atom is 0.222 e. The molecule has 0 bridgehead atoms. The van der Waals surface area contributed by atoms with Gasteiger partial charge >= 0.3 is 0 Å². The molecule has 0 aliphatic carbocycles. The molecule has 2 nitrogen and oxygen atoms in total. The molecule has 0 N–H and O–H groups in total. The van der Waals surface area contributed by atoms with E-state index < -0.39 is 0 Å². The normalized spacial score (nSPS) is 20.0. The fourth-order valence-electron chi connectivity index (χ4n) is 3.12. The van der Waals surface area contributed by atoms with Gasteiger partial charge in [0.15, 0.2) is 0 Å². The molecule has 1 rings (SSSR count). The van der Waals surface area contributed by atoms with Gasteiger partial charge in [-0.2, -0.15) is 0 Å². The van der Waals surface area contributed by atoms with Crippen LogP contribution in [0.2, 0.25) is 0 Å². The van der Waals surface area contributed by atoms with Gasteiger partial charge < -0.3 is 4.90 Å². The van der Waals surface area contributed by atoms with Gasteiger partial charge in [-0.25, -0.2) is 0 Å². The average Bonchev–Trinajstić information content (AvgIpc) is 2.41. The van der Waals surface area contributed by atoms with Crippen LogP contribution >= 0.6 is 0 Å². The van der Waals surface area contributed by atoms with Crippen LogP contribution in [0.1, 0.15) is 90.9 Å². The molecular formula is C17H33NO. The summed E-state index contributed by atoms with van der Waals surface area (Å²) in [6.45, 7) is 5.51. The molecule has 1 aliphatic heterocycles. The standard InChI is InChI=1S/C17H33NO/c1-3-5-7-8-10-15-18-16(12-9-6-4-2)13-11-14-17(18)19/h16H,3-15H2,1-2H3/t16-/m0/s1. The Bertz CT molecular complexity index is 239. The van der Waals surface area contributed by atoms with Crippen LogP contribution < -0.4 is 0 Å². The van der Waals surface area contributed by atoms with Crippen molar-refractivity contribution in [3.05, 3.63) is 0 Å². The summed E-state index contributed by atoms with van der Waals surface area (Å²) < 4.78 is 0. The van der Waals surface area contributed by atoms with Gasteiger partial charge in [-0.1, -0.05) is 58.8 Å². The summed E-state index contributed by atoms with van der Waals surface area (Å²) in [5.41, 5.74) is 0. The van der Waals surface area contributed by atoms with Crippen molar-refractivity contribution in [2.24, 2.45) is 0 Å². The van der Waals surface area contributed by atoms with Crippen molar-refractivity contribution >= 4 is 5.91 Å². The van der Waals surface area contributed by atoms with Gasteiger partial charge in [-0.3, -0.25) is 4.79 Å². The Morgan fingerprint density at radius 3 is 2.42 bits per heavy atom. The highest BCUT2D eigenvalue weighted by atomic mass is 16.2. The van der Waals surface area contributed by atoms with E-state index >= 15 is 0 Å². The number of hydrogen-bond acceptors (Lipinski definition) is 1. The lowest BCUT2D eigenvalue weighted by Gasteiger charge is -2.36. The summed E-state index contributed by atoms with van der Waals surface area (Å²) in [7, 11) is 0. The minimum Gasteiger partial charge on any atom is -0.340 e. The van der Waals surface area contributed by atoms with Gasteiger partial charge in [0.2, 0.25) is 5.91 Å². The zero-order valence-corrected chi connectivity index (χ0v) is 13.1. The molecule has 0 spiro atoms. The fourth-order valence-corrected chi connectivity index (χ4v) is 3.12. The van der Waals surface area contributed by atoms with Gasteiger partial charge in [-0.05, 0) is 25.7 Å². The van der Waals surface area contributed by atoms with E-state index in [1.165, 1.54) is 64.2 Å². The first-order valence-corrected chi connectivity index (χ1v) is 8.59. The van der Waals surface area contributed by atoms with Gasteiger partial charge in [0.25, 0.3) is 0 Å². The van der Waals surface area contributed by atoms with Crippen molar-refractivity contribution in [1.29, 1.82) is 0 Å². The van der Waals surface area contributed by atoms with Gasteiger partial charge in [0.05, 0.1) is 0 Å². The Balaban J connectivity index is 2.28. The van der Waals surface area contributed by atoms with Crippen LogP contribution in [-0.2, 0) is 4.79 Å². The number of likely N-dealkylation sites (tertiary alicyclic amines) is 1. The number of amides is 1. The first-order valence-electron chi connectivity index (χ1n) is 8.59. The first-order chi connectivity index (χ1) is 9.29. The highest BCUT2D eigenvalue weighted by Gasteiger charge is 2.26.